The van der Waals surface area contributed by atoms with Crippen LogP contribution >= 0.6 is 0 Å². The van der Waals surface area contributed by atoms with E-state index in [-0.39, 0.29) is 10.8 Å². The van der Waals surface area contributed by atoms with Crippen molar-refractivity contribution in [1.29, 1.82) is 0 Å². The monoisotopic (exact) mass is 1030 g/mol. The third-order valence-electron chi connectivity index (χ3n) is 14.2. The summed E-state index contributed by atoms with van der Waals surface area (Å²) in [6, 6.07) is 70.0. The molecule has 0 aromatic heterocycles. The standard InChI is InChI=1S/C68H72N2O7/c1-52-24-35-65(76-41-13-11-39-72-47-68(3)50-74-51-68)44-56(52)42-53-16-14-23-66(43-53)77-63-36-33-61(34-37-63)70(62-21-15-22-64(45-62)75-40-12-10-38-71-46-67(2)48-73-49-67)60-31-27-55(28-32-60)54-25-29-59(30-26-54)69(57-17-6-4-7-18-57)58-19-8-5-9-20-58/h4-9,14-37,43-45H,10-13,38-42,46-51H2,1-3H3. The van der Waals surface area contributed by atoms with E-state index in [0.717, 1.165) is 153 Å². The quantitative estimate of drug-likeness (QED) is 0.0468. The molecule has 0 N–H and O–H groups in total. The van der Waals surface area contributed by atoms with Gasteiger partial charge in [-0.2, -0.15) is 0 Å². The highest BCUT2D eigenvalue weighted by Gasteiger charge is 2.34. The topological polar surface area (TPSA) is 71.1 Å². The van der Waals surface area contributed by atoms with Crippen molar-refractivity contribution < 1.29 is 33.2 Å². The van der Waals surface area contributed by atoms with Crippen LogP contribution in [0.1, 0.15) is 56.2 Å². The summed E-state index contributed by atoms with van der Waals surface area (Å²) in [4.78, 5) is 4.55. The third kappa shape index (κ3) is 14.4. The van der Waals surface area contributed by atoms with Crippen molar-refractivity contribution in [3.05, 3.63) is 217 Å². The number of hydrogen-bond donors (Lipinski definition) is 0. The Kier molecular flexibility index (Phi) is 17.6. The molecule has 0 unspecified atom stereocenters. The van der Waals surface area contributed by atoms with Crippen molar-refractivity contribution in [3.8, 4) is 34.1 Å². The number of nitrogens with zero attached hydrogens (tertiary/aromatic N) is 2. The van der Waals surface area contributed by atoms with Crippen LogP contribution < -0.4 is 24.0 Å². The van der Waals surface area contributed by atoms with Gasteiger partial charge in [0.05, 0.1) is 52.9 Å². The van der Waals surface area contributed by atoms with E-state index in [4.69, 9.17) is 33.2 Å². The van der Waals surface area contributed by atoms with Crippen LogP contribution in [0, 0.1) is 17.8 Å². The first-order valence-electron chi connectivity index (χ1n) is 27.3. The molecule has 9 nitrogen and oxygen atoms in total. The SMILES string of the molecule is Cc1ccc(OCCCCOCC2(C)COC2)cc1Cc1cccc(Oc2ccc(N(c3ccc(-c4ccc(N(c5ccccc5)c5ccccc5)cc4)cc3)c3cccc(OCCCCOCC4(C)COC4)c3)cc2)c1. The molecule has 2 aliphatic heterocycles. The third-order valence-corrected chi connectivity index (χ3v) is 14.2. The van der Waals surface area contributed by atoms with Crippen molar-refractivity contribution in [3.63, 3.8) is 0 Å². The highest BCUT2D eigenvalue weighted by molar-refractivity contribution is 5.81. The van der Waals surface area contributed by atoms with Crippen molar-refractivity contribution >= 4 is 34.1 Å². The molecule has 8 aromatic carbocycles. The molecule has 2 saturated heterocycles. The molecule has 0 radical (unpaired) electrons. The molecule has 0 bridgehead atoms. The zero-order valence-corrected chi connectivity index (χ0v) is 44.9. The van der Waals surface area contributed by atoms with E-state index in [9.17, 15) is 0 Å². The van der Waals surface area contributed by atoms with Gasteiger partial charge in [-0.25, -0.2) is 0 Å². The number of ether oxygens (including phenoxy) is 7. The minimum absolute atomic E-state index is 0.160. The maximum Gasteiger partial charge on any atom is 0.127 e. The smallest absolute Gasteiger partial charge is 0.127 e. The van der Waals surface area contributed by atoms with Gasteiger partial charge in [-0.1, -0.05) is 98.8 Å². The van der Waals surface area contributed by atoms with Gasteiger partial charge in [0.2, 0.25) is 0 Å². The first kappa shape index (κ1) is 53.0. The summed E-state index contributed by atoms with van der Waals surface area (Å²) in [5.41, 5.74) is 12.5. The van der Waals surface area contributed by atoms with Gasteiger partial charge < -0.3 is 43.0 Å². The van der Waals surface area contributed by atoms with Crippen LogP contribution in [0.2, 0.25) is 0 Å². The fourth-order valence-corrected chi connectivity index (χ4v) is 9.73. The summed E-state index contributed by atoms with van der Waals surface area (Å²) in [5.74, 6) is 3.25. The van der Waals surface area contributed by atoms with Crippen LogP contribution in [-0.2, 0) is 25.4 Å². The van der Waals surface area contributed by atoms with Gasteiger partial charge in [0.15, 0.2) is 0 Å². The summed E-state index contributed by atoms with van der Waals surface area (Å²) in [6.07, 6.45) is 4.52. The minimum Gasteiger partial charge on any atom is -0.494 e. The fraction of sp³-hybridized carbons (Fsp3) is 0.294. The van der Waals surface area contributed by atoms with Crippen LogP contribution in [0.15, 0.2) is 200 Å². The lowest BCUT2D eigenvalue weighted by Crippen LogP contribution is -2.43. The van der Waals surface area contributed by atoms with E-state index in [0.29, 0.717) is 13.2 Å². The Balaban J connectivity index is 0.814. The number of benzene rings is 8. The molecular formula is C68H72N2O7. The molecule has 8 aromatic rings. The van der Waals surface area contributed by atoms with Crippen LogP contribution in [0.3, 0.4) is 0 Å². The molecule has 2 heterocycles. The van der Waals surface area contributed by atoms with Crippen molar-refractivity contribution in [1.82, 2.24) is 0 Å². The molecule has 77 heavy (non-hydrogen) atoms. The first-order chi connectivity index (χ1) is 37.7. The van der Waals surface area contributed by atoms with Gasteiger partial charge in [-0.05, 0) is 176 Å². The summed E-state index contributed by atoms with van der Waals surface area (Å²) >= 11 is 0. The van der Waals surface area contributed by atoms with E-state index in [1.54, 1.807) is 0 Å². The summed E-state index contributed by atoms with van der Waals surface area (Å²) in [5, 5.41) is 0. The molecule has 0 saturated carbocycles. The Hall–Kier alpha value is -7.40. The second-order valence-corrected chi connectivity index (χ2v) is 21.3. The zero-order chi connectivity index (χ0) is 52.7. The van der Waals surface area contributed by atoms with Gasteiger partial charge in [0.1, 0.15) is 23.0 Å². The average Bonchev–Trinajstić information content (AvgIpc) is 3.46. The summed E-state index contributed by atoms with van der Waals surface area (Å²) in [7, 11) is 0. The molecule has 0 spiro atoms. The maximum atomic E-state index is 6.54. The average molecular weight is 1030 g/mol. The Bertz CT molecular complexity index is 3050. The number of hydrogen-bond acceptors (Lipinski definition) is 9. The lowest BCUT2D eigenvalue weighted by atomic mass is 9.90. The van der Waals surface area contributed by atoms with Gasteiger partial charge in [0.25, 0.3) is 0 Å². The number of aryl methyl sites for hydroxylation is 1. The highest BCUT2D eigenvalue weighted by Crippen LogP contribution is 2.40. The molecule has 0 aliphatic carbocycles. The van der Waals surface area contributed by atoms with Gasteiger partial charge in [-0.3, -0.25) is 0 Å². The van der Waals surface area contributed by atoms with Crippen molar-refractivity contribution in [2.45, 2.75) is 52.9 Å². The van der Waals surface area contributed by atoms with Gasteiger partial charge in [-0.15, -0.1) is 0 Å². The van der Waals surface area contributed by atoms with Crippen LogP contribution in [-0.4, -0.2) is 66.1 Å². The number of para-hydroxylation sites is 2. The Morgan fingerprint density at radius 3 is 1.38 bits per heavy atom. The van der Waals surface area contributed by atoms with Gasteiger partial charge >= 0.3 is 0 Å². The van der Waals surface area contributed by atoms with E-state index in [1.165, 1.54) is 16.7 Å². The van der Waals surface area contributed by atoms with Crippen LogP contribution in [0.4, 0.5) is 34.1 Å². The first-order valence-corrected chi connectivity index (χ1v) is 27.3. The molecule has 0 atom stereocenters. The van der Waals surface area contributed by atoms with E-state index < -0.39 is 0 Å². The van der Waals surface area contributed by atoms with Crippen LogP contribution in [0.5, 0.6) is 23.0 Å². The largest absolute Gasteiger partial charge is 0.494 e. The number of unbranched alkanes of at least 4 members (excludes halogenated alkanes) is 2. The fourth-order valence-electron chi connectivity index (χ4n) is 9.73. The molecule has 9 heteroatoms. The Labute approximate surface area is 455 Å². The van der Waals surface area contributed by atoms with Gasteiger partial charge in [0, 0.05) is 64.2 Å². The molecular weight excluding hydrogens is 957 g/mol. The lowest BCUT2D eigenvalue weighted by Gasteiger charge is -2.37. The van der Waals surface area contributed by atoms with E-state index >= 15 is 0 Å². The predicted molar refractivity (Wildman–Crippen MR) is 311 cm³/mol. The summed E-state index contributed by atoms with van der Waals surface area (Å²) < 4.78 is 41.7. The van der Waals surface area contributed by atoms with E-state index in [1.807, 2.05) is 24.3 Å². The second-order valence-electron chi connectivity index (χ2n) is 21.3. The second kappa shape index (κ2) is 25.6. The molecule has 2 aliphatic rings. The molecule has 2 fully saturated rings. The maximum absolute atomic E-state index is 6.54. The Morgan fingerprint density at radius 1 is 0.403 bits per heavy atom. The number of anilines is 6. The Morgan fingerprint density at radius 2 is 0.844 bits per heavy atom. The lowest BCUT2D eigenvalue weighted by molar-refractivity contribution is -0.138. The molecule has 10 rings (SSSR count). The van der Waals surface area contributed by atoms with Crippen molar-refractivity contribution in [2.24, 2.45) is 10.8 Å². The highest BCUT2D eigenvalue weighted by atomic mass is 16.5. The minimum atomic E-state index is 0.160. The van der Waals surface area contributed by atoms with Crippen LogP contribution in [0.25, 0.3) is 11.1 Å². The number of rotatable bonds is 27. The zero-order valence-electron chi connectivity index (χ0n) is 44.9. The van der Waals surface area contributed by atoms with E-state index in [2.05, 4.69) is 206 Å². The predicted octanol–water partition coefficient (Wildman–Crippen LogP) is 16.4. The van der Waals surface area contributed by atoms with Crippen molar-refractivity contribution in [2.75, 3.05) is 75.9 Å². The molecule has 0 amide bonds. The molecule has 396 valence electrons. The normalized spacial score (nSPS) is 14.2. The summed E-state index contributed by atoms with van der Waals surface area (Å²) in [6.45, 7) is 14.0.